The second-order valence-corrected chi connectivity index (χ2v) is 11.7. The summed E-state index contributed by atoms with van der Waals surface area (Å²) in [5, 5.41) is 2.93. The van der Waals surface area contributed by atoms with E-state index in [-0.39, 0.29) is 25.2 Å². The van der Waals surface area contributed by atoms with Crippen LogP contribution < -0.4 is 10.1 Å². The molecule has 0 spiro atoms. The van der Waals surface area contributed by atoms with E-state index in [1.807, 2.05) is 0 Å². The zero-order chi connectivity index (χ0) is 26.1. The first-order chi connectivity index (χ1) is 17.3. The maximum absolute atomic E-state index is 13.6. The number of rotatable bonds is 12. The number of amides is 1. The second-order valence-electron chi connectivity index (χ2n) is 9.85. The van der Waals surface area contributed by atoms with Crippen LogP contribution in [0.1, 0.15) is 43.7 Å². The summed E-state index contributed by atoms with van der Waals surface area (Å²) >= 11 is 0. The van der Waals surface area contributed by atoms with Crippen LogP contribution in [0.25, 0.3) is 0 Å². The number of piperazine rings is 1. The summed E-state index contributed by atoms with van der Waals surface area (Å²) in [6.07, 6.45) is 3.39. The molecule has 2 fully saturated rings. The van der Waals surface area contributed by atoms with Crippen LogP contribution >= 0.6 is 0 Å². The molecule has 1 aromatic carbocycles. The number of hydrogen-bond acceptors (Lipinski definition) is 7. The molecule has 204 valence electrons. The van der Waals surface area contributed by atoms with Gasteiger partial charge in [-0.25, -0.2) is 8.42 Å². The minimum Gasteiger partial charge on any atom is -0.497 e. The fraction of sp³-hybridized carbons (Fsp3) is 0.731. The zero-order valence-electron chi connectivity index (χ0n) is 22.4. The van der Waals surface area contributed by atoms with Crippen molar-refractivity contribution in [3.63, 3.8) is 0 Å². The minimum absolute atomic E-state index is 0.0554. The number of likely N-dealkylation sites (N-methyl/N-ethyl adjacent to an activating group) is 1. The molecule has 0 aromatic heterocycles. The van der Waals surface area contributed by atoms with Crippen molar-refractivity contribution in [2.24, 2.45) is 0 Å². The summed E-state index contributed by atoms with van der Waals surface area (Å²) in [5.41, 5.74) is 1.34. The number of aryl methyl sites for hydroxylation is 2. The Kier molecular flexibility index (Phi) is 11.0. The zero-order valence-corrected chi connectivity index (χ0v) is 23.2. The molecule has 1 N–H and O–H groups in total. The van der Waals surface area contributed by atoms with Crippen LogP contribution in [0, 0.1) is 13.8 Å². The minimum atomic E-state index is -3.69. The third kappa shape index (κ3) is 7.64. The van der Waals surface area contributed by atoms with Gasteiger partial charge in [-0.05, 0) is 69.5 Å². The number of piperidine rings is 1. The molecule has 2 heterocycles. The van der Waals surface area contributed by atoms with Gasteiger partial charge in [0.25, 0.3) is 0 Å². The smallest absolute Gasteiger partial charge is 0.245 e. The molecule has 3 rings (SSSR count). The van der Waals surface area contributed by atoms with Gasteiger partial charge in [0.2, 0.25) is 15.9 Å². The summed E-state index contributed by atoms with van der Waals surface area (Å²) < 4.78 is 39.8. The highest BCUT2D eigenvalue weighted by molar-refractivity contribution is 7.89. The first-order valence-electron chi connectivity index (χ1n) is 13.2. The van der Waals surface area contributed by atoms with Gasteiger partial charge in [0.15, 0.2) is 0 Å². The van der Waals surface area contributed by atoms with E-state index in [2.05, 4.69) is 22.0 Å². The molecule has 0 saturated carbocycles. The summed E-state index contributed by atoms with van der Waals surface area (Å²) in [6, 6.07) is 3.23. The molecule has 2 aliphatic rings. The lowest BCUT2D eigenvalue weighted by Gasteiger charge is -2.35. The van der Waals surface area contributed by atoms with E-state index in [4.69, 9.17) is 9.47 Å². The van der Waals surface area contributed by atoms with Crippen LogP contribution in [0.5, 0.6) is 5.75 Å². The van der Waals surface area contributed by atoms with Crippen molar-refractivity contribution in [2.45, 2.75) is 57.4 Å². The summed E-state index contributed by atoms with van der Waals surface area (Å²) in [4.78, 5) is 17.5. The molecular formula is C26H44N4O5S. The number of carbonyl (C=O) groups is 1. The van der Waals surface area contributed by atoms with Gasteiger partial charge in [0.05, 0.1) is 18.6 Å². The standard InChI is InChI=1S/C26H44N4O5S/c1-5-28-13-15-29(16-14-28)11-8-10-27-25(31)20-35-19-23-9-6-7-12-30(23)36(32,33)26-21(2)17-24(34-4)18-22(26)3/h17-18,23H,5-16,19-20H2,1-4H3,(H,27,31). The lowest BCUT2D eigenvalue weighted by atomic mass is 10.1. The summed E-state index contributed by atoms with van der Waals surface area (Å²) in [7, 11) is -2.12. The fourth-order valence-electron chi connectivity index (χ4n) is 5.21. The first kappa shape index (κ1) is 28.8. The molecule has 1 atom stereocenters. The number of nitrogens with zero attached hydrogens (tertiary/aromatic N) is 3. The Bertz CT molecular complexity index is 940. The molecule has 1 unspecified atom stereocenters. The normalized spacial score (nSPS) is 20.4. The highest BCUT2D eigenvalue weighted by atomic mass is 32.2. The lowest BCUT2D eigenvalue weighted by molar-refractivity contribution is -0.126. The van der Waals surface area contributed by atoms with Crippen LogP contribution in [-0.4, -0.2) is 107 Å². The summed E-state index contributed by atoms with van der Waals surface area (Å²) in [6.45, 7) is 13.5. The Balaban J connectivity index is 1.45. The maximum Gasteiger partial charge on any atom is 0.245 e. The first-order valence-corrected chi connectivity index (χ1v) is 14.7. The van der Waals surface area contributed by atoms with Crippen LogP contribution in [0.2, 0.25) is 0 Å². The van der Waals surface area contributed by atoms with Gasteiger partial charge in [-0.2, -0.15) is 4.31 Å². The van der Waals surface area contributed by atoms with E-state index in [1.54, 1.807) is 37.4 Å². The van der Waals surface area contributed by atoms with Crippen LogP contribution in [0.3, 0.4) is 0 Å². The van der Waals surface area contributed by atoms with E-state index in [1.165, 1.54) is 0 Å². The molecule has 0 aliphatic carbocycles. The molecule has 9 nitrogen and oxygen atoms in total. The number of methoxy groups -OCH3 is 1. The van der Waals surface area contributed by atoms with Crippen molar-refractivity contribution in [1.82, 2.24) is 19.4 Å². The Morgan fingerprint density at radius 3 is 2.36 bits per heavy atom. The monoisotopic (exact) mass is 524 g/mol. The number of carbonyl (C=O) groups excluding carboxylic acids is 1. The number of nitrogens with one attached hydrogen (secondary N) is 1. The maximum atomic E-state index is 13.6. The highest BCUT2D eigenvalue weighted by Gasteiger charge is 2.35. The van der Waals surface area contributed by atoms with E-state index >= 15 is 0 Å². The third-order valence-electron chi connectivity index (χ3n) is 7.24. The third-order valence-corrected chi connectivity index (χ3v) is 9.50. The van der Waals surface area contributed by atoms with Crippen molar-refractivity contribution >= 4 is 15.9 Å². The molecule has 1 aromatic rings. The van der Waals surface area contributed by atoms with Crippen LogP contribution in [0.15, 0.2) is 17.0 Å². The molecular weight excluding hydrogens is 480 g/mol. The quantitative estimate of drug-likeness (QED) is 0.418. The lowest BCUT2D eigenvalue weighted by Crippen LogP contribution is -2.47. The fourth-order valence-corrected chi connectivity index (χ4v) is 7.30. The number of hydrogen-bond donors (Lipinski definition) is 1. The Labute approximate surface area is 217 Å². The van der Waals surface area contributed by atoms with Gasteiger partial charge < -0.3 is 24.6 Å². The molecule has 0 bridgehead atoms. The largest absolute Gasteiger partial charge is 0.497 e. The van der Waals surface area contributed by atoms with E-state index in [9.17, 15) is 13.2 Å². The number of ether oxygens (including phenoxy) is 2. The van der Waals surface area contributed by atoms with Crippen molar-refractivity contribution < 1.29 is 22.7 Å². The van der Waals surface area contributed by atoms with E-state index < -0.39 is 10.0 Å². The number of benzene rings is 1. The van der Waals surface area contributed by atoms with E-state index in [0.29, 0.717) is 34.9 Å². The van der Waals surface area contributed by atoms with Gasteiger partial charge >= 0.3 is 0 Å². The van der Waals surface area contributed by atoms with Gasteiger partial charge in [-0.15, -0.1) is 0 Å². The number of sulfonamides is 1. The molecule has 36 heavy (non-hydrogen) atoms. The predicted molar refractivity (Wildman–Crippen MR) is 141 cm³/mol. The van der Waals surface area contributed by atoms with Gasteiger partial charge in [-0.3, -0.25) is 4.79 Å². The van der Waals surface area contributed by atoms with Gasteiger partial charge in [0, 0.05) is 45.3 Å². The van der Waals surface area contributed by atoms with Crippen molar-refractivity contribution in [3.8, 4) is 5.75 Å². The van der Waals surface area contributed by atoms with Gasteiger partial charge in [0.1, 0.15) is 12.4 Å². The average Bonchev–Trinajstić information content (AvgIpc) is 2.86. The predicted octanol–water partition coefficient (Wildman–Crippen LogP) is 2.02. The summed E-state index contributed by atoms with van der Waals surface area (Å²) in [5.74, 6) is 0.491. The molecule has 2 aliphatic heterocycles. The SMILES string of the molecule is CCN1CCN(CCCNC(=O)COCC2CCCCN2S(=O)(=O)c2c(C)cc(OC)cc2C)CC1. The molecule has 1 amide bonds. The van der Waals surface area contributed by atoms with Crippen molar-refractivity contribution in [1.29, 1.82) is 0 Å². The van der Waals surface area contributed by atoms with Crippen LogP contribution in [-0.2, 0) is 19.6 Å². The Hall–Kier alpha value is -1.72. The average molecular weight is 525 g/mol. The second kappa shape index (κ2) is 13.7. The Morgan fingerprint density at radius 2 is 1.72 bits per heavy atom. The Morgan fingerprint density at radius 1 is 1.06 bits per heavy atom. The highest BCUT2D eigenvalue weighted by Crippen LogP contribution is 2.31. The molecule has 10 heteroatoms. The van der Waals surface area contributed by atoms with Crippen molar-refractivity contribution in [3.05, 3.63) is 23.3 Å². The van der Waals surface area contributed by atoms with Crippen molar-refractivity contribution in [2.75, 3.05) is 72.7 Å². The topological polar surface area (TPSA) is 91.4 Å². The molecule has 2 saturated heterocycles. The molecule has 0 radical (unpaired) electrons. The van der Waals surface area contributed by atoms with Gasteiger partial charge in [-0.1, -0.05) is 13.3 Å². The van der Waals surface area contributed by atoms with Crippen LogP contribution in [0.4, 0.5) is 0 Å². The van der Waals surface area contributed by atoms with E-state index in [0.717, 1.165) is 65.0 Å².